The Bertz CT molecular complexity index is 1010. The third-order valence-electron chi connectivity index (χ3n) is 4.77. The van der Waals surface area contributed by atoms with E-state index >= 15 is 0 Å². The zero-order chi connectivity index (χ0) is 21.3. The maximum Gasteiger partial charge on any atom is 0.293 e. The third-order valence-corrected chi connectivity index (χ3v) is 4.77. The molecular formula is C22H24N4O3. The number of para-hydroxylation sites is 2. The van der Waals surface area contributed by atoms with Crippen LogP contribution in [0, 0.1) is 12.8 Å². The molecule has 0 fully saturated rings. The van der Waals surface area contributed by atoms with E-state index in [1.807, 2.05) is 45.9 Å². The first-order chi connectivity index (χ1) is 13.6. The van der Waals surface area contributed by atoms with E-state index in [4.69, 9.17) is 5.73 Å². The van der Waals surface area contributed by atoms with Gasteiger partial charge in [-0.15, -0.1) is 0 Å². The highest BCUT2D eigenvalue weighted by Crippen LogP contribution is 2.32. The van der Waals surface area contributed by atoms with Crippen LogP contribution in [0.25, 0.3) is 0 Å². The Morgan fingerprint density at radius 2 is 1.72 bits per heavy atom. The molecule has 150 valence electrons. The van der Waals surface area contributed by atoms with E-state index in [1.54, 1.807) is 30.3 Å². The molecule has 0 aliphatic carbocycles. The molecule has 2 aromatic carbocycles. The molecule has 0 saturated carbocycles. The van der Waals surface area contributed by atoms with Crippen molar-refractivity contribution < 1.29 is 14.4 Å². The number of aryl methyl sites for hydroxylation is 1. The lowest BCUT2D eigenvalue weighted by atomic mass is 9.84. The first-order valence-electron chi connectivity index (χ1n) is 9.29. The molecule has 2 amide bonds. The number of hydrogen-bond donors (Lipinski definition) is 2. The Morgan fingerprint density at radius 1 is 1.07 bits per heavy atom. The highest BCUT2D eigenvalue weighted by Gasteiger charge is 2.43. The molecule has 0 saturated heterocycles. The Hall–Kier alpha value is -3.48. The molecule has 1 atom stereocenters. The third kappa shape index (κ3) is 3.89. The van der Waals surface area contributed by atoms with Gasteiger partial charge in [0.15, 0.2) is 5.92 Å². The standard InChI is InChI=1S/C22H24N4O3/c1-13-9-8-12-15(22(2,3)4)17(13)24-20(28)18(27)16-19(23)25-26(21(16)29)14-10-6-5-7-11-14/h5-12,16H,1-4H3,(H2,23,25)(H,24,28)/t16-/m1/s1. The van der Waals surface area contributed by atoms with E-state index in [0.29, 0.717) is 11.4 Å². The van der Waals surface area contributed by atoms with E-state index in [9.17, 15) is 14.4 Å². The Morgan fingerprint density at radius 3 is 2.34 bits per heavy atom. The zero-order valence-electron chi connectivity index (χ0n) is 16.9. The van der Waals surface area contributed by atoms with Crippen LogP contribution in [0.4, 0.5) is 11.4 Å². The van der Waals surface area contributed by atoms with Gasteiger partial charge in [0.25, 0.3) is 11.8 Å². The van der Waals surface area contributed by atoms with Crippen molar-refractivity contribution in [1.29, 1.82) is 0 Å². The summed E-state index contributed by atoms with van der Waals surface area (Å²) in [7, 11) is 0. The second kappa shape index (κ2) is 7.50. The minimum absolute atomic E-state index is 0.195. The molecular weight excluding hydrogens is 368 g/mol. The van der Waals surface area contributed by atoms with Crippen LogP contribution in [0.15, 0.2) is 53.6 Å². The fourth-order valence-electron chi connectivity index (χ4n) is 3.24. The van der Waals surface area contributed by atoms with Gasteiger partial charge in [0.05, 0.1) is 5.69 Å². The quantitative estimate of drug-likeness (QED) is 0.616. The second-order valence-electron chi connectivity index (χ2n) is 8.01. The highest BCUT2D eigenvalue weighted by molar-refractivity contribution is 6.50. The topological polar surface area (TPSA) is 105 Å². The molecule has 7 heteroatoms. The van der Waals surface area contributed by atoms with E-state index in [2.05, 4.69) is 10.4 Å². The van der Waals surface area contributed by atoms with Gasteiger partial charge >= 0.3 is 0 Å². The maximum atomic E-state index is 12.8. The van der Waals surface area contributed by atoms with Crippen molar-refractivity contribution >= 4 is 34.8 Å². The van der Waals surface area contributed by atoms with Crippen LogP contribution in [-0.4, -0.2) is 23.4 Å². The molecule has 1 aliphatic rings. The summed E-state index contributed by atoms with van der Waals surface area (Å²) in [6.07, 6.45) is 0. The molecule has 0 bridgehead atoms. The summed E-state index contributed by atoms with van der Waals surface area (Å²) in [6, 6.07) is 14.3. The number of carbonyl (C=O) groups is 3. The van der Waals surface area contributed by atoms with E-state index in [1.165, 1.54) is 0 Å². The van der Waals surface area contributed by atoms with Crippen LogP contribution in [-0.2, 0) is 19.8 Å². The largest absolute Gasteiger partial charge is 0.385 e. The number of amides is 2. The lowest BCUT2D eigenvalue weighted by Crippen LogP contribution is -2.41. The summed E-state index contributed by atoms with van der Waals surface area (Å²) in [5.41, 5.74) is 8.36. The predicted molar refractivity (Wildman–Crippen MR) is 113 cm³/mol. The lowest BCUT2D eigenvalue weighted by molar-refractivity contribution is -0.138. The summed E-state index contributed by atoms with van der Waals surface area (Å²) in [4.78, 5) is 38.3. The number of nitrogens with zero attached hydrogens (tertiary/aromatic N) is 2. The molecule has 1 heterocycles. The van der Waals surface area contributed by atoms with Gasteiger partial charge in [-0.1, -0.05) is 57.2 Å². The van der Waals surface area contributed by atoms with Crippen molar-refractivity contribution in [2.24, 2.45) is 16.8 Å². The average Bonchev–Trinajstić information content (AvgIpc) is 2.96. The number of ketones is 1. The average molecular weight is 392 g/mol. The fourth-order valence-corrected chi connectivity index (χ4v) is 3.24. The molecule has 3 rings (SSSR count). The molecule has 0 radical (unpaired) electrons. The monoisotopic (exact) mass is 392 g/mol. The summed E-state index contributed by atoms with van der Waals surface area (Å²) >= 11 is 0. The SMILES string of the molecule is Cc1cccc(C(C)(C)C)c1NC(=O)C(=O)[C@H]1C(=O)N(c2ccccc2)N=C1N. The number of benzene rings is 2. The second-order valence-corrected chi connectivity index (χ2v) is 8.01. The Labute approximate surface area is 169 Å². The number of anilines is 2. The molecule has 3 N–H and O–H groups in total. The van der Waals surface area contributed by atoms with E-state index < -0.39 is 23.5 Å². The van der Waals surface area contributed by atoms with Gasteiger partial charge in [0.2, 0.25) is 5.78 Å². The highest BCUT2D eigenvalue weighted by atomic mass is 16.2. The molecule has 1 aliphatic heterocycles. The summed E-state index contributed by atoms with van der Waals surface area (Å²) < 4.78 is 0. The first-order valence-corrected chi connectivity index (χ1v) is 9.29. The number of Topliss-reactive ketones (excluding diaryl/α,β-unsaturated/α-hetero) is 1. The normalized spacial score (nSPS) is 16.6. The van der Waals surface area contributed by atoms with Crippen LogP contribution in [0.3, 0.4) is 0 Å². The van der Waals surface area contributed by atoms with Crippen LogP contribution >= 0.6 is 0 Å². The van der Waals surface area contributed by atoms with Crippen LogP contribution in [0.1, 0.15) is 31.9 Å². The number of hydrazone groups is 1. The van der Waals surface area contributed by atoms with Gasteiger partial charge in [0, 0.05) is 5.69 Å². The van der Waals surface area contributed by atoms with Gasteiger partial charge in [-0.25, -0.2) is 0 Å². The summed E-state index contributed by atoms with van der Waals surface area (Å²) in [6.45, 7) is 7.90. The van der Waals surface area contributed by atoms with Crippen LogP contribution in [0.2, 0.25) is 0 Å². The number of hydrogen-bond acceptors (Lipinski definition) is 5. The zero-order valence-corrected chi connectivity index (χ0v) is 16.9. The fraction of sp³-hybridized carbons (Fsp3) is 0.273. The van der Waals surface area contributed by atoms with Gasteiger partial charge < -0.3 is 11.1 Å². The molecule has 0 aromatic heterocycles. The lowest BCUT2D eigenvalue weighted by Gasteiger charge is -2.24. The van der Waals surface area contributed by atoms with Gasteiger partial charge in [0.1, 0.15) is 5.84 Å². The van der Waals surface area contributed by atoms with Gasteiger partial charge in [-0.05, 0) is 35.6 Å². The molecule has 2 aromatic rings. The minimum Gasteiger partial charge on any atom is -0.385 e. The van der Waals surface area contributed by atoms with E-state index in [0.717, 1.165) is 16.1 Å². The number of nitrogens with one attached hydrogen (secondary N) is 1. The number of nitrogens with two attached hydrogens (primary N) is 1. The smallest absolute Gasteiger partial charge is 0.293 e. The van der Waals surface area contributed by atoms with Crippen molar-refractivity contribution in [3.05, 3.63) is 59.7 Å². The van der Waals surface area contributed by atoms with Crippen LogP contribution < -0.4 is 16.1 Å². The van der Waals surface area contributed by atoms with Crippen molar-refractivity contribution in [2.75, 3.05) is 10.3 Å². The summed E-state index contributed by atoms with van der Waals surface area (Å²) in [5.74, 6) is -4.10. The molecule has 7 nitrogen and oxygen atoms in total. The van der Waals surface area contributed by atoms with Crippen molar-refractivity contribution in [3.63, 3.8) is 0 Å². The van der Waals surface area contributed by atoms with Crippen molar-refractivity contribution in [3.8, 4) is 0 Å². The summed E-state index contributed by atoms with van der Waals surface area (Å²) in [5, 5.41) is 7.73. The molecule has 29 heavy (non-hydrogen) atoms. The van der Waals surface area contributed by atoms with Crippen molar-refractivity contribution in [1.82, 2.24) is 0 Å². The predicted octanol–water partition coefficient (Wildman–Crippen LogP) is 2.74. The first kappa shape index (κ1) is 20.3. The van der Waals surface area contributed by atoms with Crippen LogP contribution in [0.5, 0.6) is 0 Å². The Balaban J connectivity index is 1.85. The minimum atomic E-state index is -1.43. The number of amidine groups is 1. The molecule has 0 spiro atoms. The molecule has 0 unspecified atom stereocenters. The number of carbonyl (C=O) groups excluding carboxylic acids is 3. The number of rotatable bonds is 4. The van der Waals surface area contributed by atoms with Crippen molar-refractivity contribution in [2.45, 2.75) is 33.1 Å². The van der Waals surface area contributed by atoms with Gasteiger partial charge in [-0.2, -0.15) is 10.1 Å². The van der Waals surface area contributed by atoms with E-state index in [-0.39, 0.29) is 11.3 Å². The maximum absolute atomic E-state index is 12.8. The van der Waals surface area contributed by atoms with Gasteiger partial charge in [-0.3, -0.25) is 14.4 Å². The Kier molecular flexibility index (Phi) is 5.24.